The molecule has 1 aliphatic carbocycles. The number of hydrogen-bond donors (Lipinski definition) is 0. The van der Waals surface area contributed by atoms with Crippen molar-refractivity contribution in [1.82, 2.24) is 0 Å². The summed E-state index contributed by atoms with van der Waals surface area (Å²) in [5.41, 5.74) is 0. The van der Waals surface area contributed by atoms with Crippen molar-refractivity contribution >= 4 is 0 Å². The second-order valence-corrected chi connectivity index (χ2v) is 9.46. The molecule has 0 amide bonds. The van der Waals surface area contributed by atoms with Crippen molar-refractivity contribution in [3.05, 3.63) is 0 Å². The van der Waals surface area contributed by atoms with E-state index >= 15 is 0 Å². The predicted octanol–water partition coefficient (Wildman–Crippen LogP) is 6.55. The minimum absolute atomic E-state index is 0.622. The van der Waals surface area contributed by atoms with Crippen molar-refractivity contribution in [2.45, 2.75) is 116 Å². The first kappa shape index (κ1) is 26.1. The lowest BCUT2D eigenvalue weighted by molar-refractivity contribution is 0.0140. The van der Waals surface area contributed by atoms with E-state index in [4.69, 9.17) is 18.9 Å². The molecule has 1 aliphatic heterocycles. The van der Waals surface area contributed by atoms with Gasteiger partial charge in [-0.05, 0) is 44.4 Å². The predicted molar refractivity (Wildman–Crippen MR) is 124 cm³/mol. The Balaban J connectivity index is 1.53. The molecule has 2 rings (SSSR count). The van der Waals surface area contributed by atoms with E-state index in [0.717, 1.165) is 25.0 Å². The third kappa shape index (κ3) is 12.6. The molecule has 4 atom stereocenters. The van der Waals surface area contributed by atoms with Gasteiger partial charge in [-0.15, -0.1) is 0 Å². The van der Waals surface area contributed by atoms with Crippen molar-refractivity contribution in [1.29, 1.82) is 0 Å². The van der Waals surface area contributed by atoms with Crippen LogP contribution in [0.5, 0.6) is 0 Å². The largest absolute Gasteiger partial charge is 0.379 e. The summed E-state index contributed by atoms with van der Waals surface area (Å²) in [5.74, 6) is 1.74. The highest BCUT2D eigenvalue weighted by atomic mass is 16.6. The SMILES string of the molecule is CCCCCCCCCC(CCOCCOCCOCC)CCC1CCC2OC2C1. The Bertz CT molecular complexity index is 389. The number of ether oxygens (including phenoxy) is 4. The summed E-state index contributed by atoms with van der Waals surface area (Å²) >= 11 is 0. The van der Waals surface area contributed by atoms with Gasteiger partial charge in [0.1, 0.15) is 0 Å². The van der Waals surface area contributed by atoms with E-state index in [1.807, 2.05) is 6.92 Å². The first-order valence-electron chi connectivity index (χ1n) is 13.2. The Hall–Kier alpha value is -0.160. The van der Waals surface area contributed by atoms with Crippen LogP contribution in [0.25, 0.3) is 0 Å². The Kier molecular flexibility index (Phi) is 15.1. The third-order valence-electron chi connectivity index (χ3n) is 6.93. The molecule has 0 N–H and O–H groups in total. The van der Waals surface area contributed by atoms with Gasteiger partial charge in [0.05, 0.1) is 38.6 Å². The second-order valence-electron chi connectivity index (χ2n) is 9.46. The fourth-order valence-electron chi connectivity index (χ4n) is 4.88. The van der Waals surface area contributed by atoms with Gasteiger partial charge in [0.25, 0.3) is 0 Å². The first-order valence-corrected chi connectivity index (χ1v) is 13.2. The number of rotatable bonds is 21. The van der Waals surface area contributed by atoms with Gasteiger partial charge in [0.15, 0.2) is 0 Å². The van der Waals surface area contributed by atoms with Crippen LogP contribution in [0, 0.1) is 11.8 Å². The molecule has 1 heterocycles. The molecule has 0 spiro atoms. The van der Waals surface area contributed by atoms with E-state index in [1.54, 1.807) is 0 Å². The van der Waals surface area contributed by atoms with Crippen LogP contribution in [0.15, 0.2) is 0 Å². The van der Waals surface area contributed by atoms with E-state index in [2.05, 4.69) is 6.92 Å². The number of fused-ring (bicyclic) bond motifs is 1. The summed E-state index contributed by atoms with van der Waals surface area (Å²) in [4.78, 5) is 0. The monoisotopic (exact) mass is 426 g/mol. The Morgan fingerprint density at radius 2 is 1.40 bits per heavy atom. The fourth-order valence-corrected chi connectivity index (χ4v) is 4.88. The highest BCUT2D eigenvalue weighted by molar-refractivity contribution is 4.91. The molecule has 1 saturated heterocycles. The summed E-state index contributed by atoms with van der Waals surface area (Å²) < 4.78 is 22.4. The normalized spacial score (nSPS) is 24.0. The molecule has 0 bridgehead atoms. The number of epoxide rings is 1. The molecule has 4 nitrogen and oxygen atoms in total. The Labute approximate surface area is 186 Å². The average molecular weight is 427 g/mol. The zero-order chi connectivity index (χ0) is 21.3. The molecule has 4 heteroatoms. The van der Waals surface area contributed by atoms with Crippen molar-refractivity contribution in [2.75, 3.05) is 39.6 Å². The first-order chi connectivity index (χ1) is 14.8. The van der Waals surface area contributed by atoms with Gasteiger partial charge in [-0.3, -0.25) is 0 Å². The summed E-state index contributed by atoms with van der Waals surface area (Å²) in [7, 11) is 0. The van der Waals surface area contributed by atoms with Crippen LogP contribution in [0.4, 0.5) is 0 Å². The Morgan fingerprint density at radius 3 is 2.13 bits per heavy atom. The molecule has 178 valence electrons. The lowest BCUT2D eigenvalue weighted by atomic mass is 9.82. The quantitative estimate of drug-likeness (QED) is 0.154. The van der Waals surface area contributed by atoms with Crippen molar-refractivity contribution in [3.63, 3.8) is 0 Å². The summed E-state index contributed by atoms with van der Waals surface area (Å²) in [6.45, 7) is 8.69. The number of hydrogen-bond acceptors (Lipinski definition) is 4. The van der Waals surface area contributed by atoms with E-state index in [1.165, 1.54) is 89.9 Å². The molecule has 0 radical (unpaired) electrons. The average Bonchev–Trinajstić information content (AvgIpc) is 3.54. The van der Waals surface area contributed by atoms with Gasteiger partial charge in [-0.2, -0.15) is 0 Å². The third-order valence-corrected chi connectivity index (χ3v) is 6.93. The zero-order valence-corrected chi connectivity index (χ0v) is 20.1. The smallest absolute Gasteiger partial charge is 0.0844 e. The molecule has 4 unspecified atom stereocenters. The van der Waals surface area contributed by atoms with E-state index in [9.17, 15) is 0 Å². The highest BCUT2D eigenvalue weighted by Crippen LogP contribution is 2.41. The molecule has 0 aromatic heterocycles. The maximum Gasteiger partial charge on any atom is 0.0844 e. The van der Waals surface area contributed by atoms with Crippen LogP contribution in [0.1, 0.15) is 104 Å². The van der Waals surface area contributed by atoms with Gasteiger partial charge >= 0.3 is 0 Å². The van der Waals surface area contributed by atoms with Gasteiger partial charge in [-0.25, -0.2) is 0 Å². The molecule has 2 aliphatic rings. The summed E-state index contributed by atoms with van der Waals surface area (Å²) in [5, 5.41) is 0. The van der Waals surface area contributed by atoms with Crippen molar-refractivity contribution in [3.8, 4) is 0 Å². The van der Waals surface area contributed by atoms with Crippen LogP contribution in [-0.2, 0) is 18.9 Å². The van der Waals surface area contributed by atoms with Crippen LogP contribution in [0.3, 0.4) is 0 Å². The molecule has 2 fully saturated rings. The van der Waals surface area contributed by atoms with E-state index in [-0.39, 0.29) is 0 Å². The molecule has 0 aromatic carbocycles. The Morgan fingerprint density at radius 1 is 0.700 bits per heavy atom. The lowest BCUT2D eigenvalue weighted by Crippen LogP contribution is -2.16. The maximum atomic E-state index is 5.87. The zero-order valence-electron chi connectivity index (χ0n) is 20.1. The van der Waals surface area contributed by atoms with E-state index in [0.29, 0.717) is 38.6 Å². The second kappa shape index (κ2) is 17.4. The summed E-state index contributed by atoms with van der Waals surface area (Å²) in [6.07, 6.45) is 20.5. The minimum Gasteiger partial charge on any atom is -0.379 e. The van der Waals surface area contributed by atoms with Crippen LogP contribution < -0.4 is 0 Å². The topological polar surface area (TPSA) is 40.2 Å². The highest BCUT2D eigenvalue weighted by Gasteiger charge is 2.43. The van der Waals surface area contributed by atoms with Crippen LogP contribution >= 0.6 is 0 Å². The number of unbranched alkanes of at least 4 members (excludes halogenated alkanes) is 6. The molecular formula is C26H50O4. The standard InChI is InChI=1S/C26H50O4/c1-3-5-6-7-8-9-10-11-23(12-13-24-14-15-25-26(22-24)30-25)16-17-28-20-21-29-19-18-27-4-2/h23-26H,3-22H2,1-2H3. The van der Waals surface area contributed by atoms with Crippen LogP contribution in [0.2, 0.25) is 0 Å². The van der Waals surface area contributed by atoms with Crippen LogP contribution in [-0.4, -0.2) is 51.8 Å². The fraction of sp³-hybridized carbons (Fsp3) is 1.00. The molecular weight excluding hydrogens is 376 g/mol. The lowest BCUT2D eigenvalue weighted by Gasteiger charge is -2.23. The van der Waals surface area contributed by atoms with Gasteiger partial charge in [0, 0.05) is 13.2 Å². The maximum absolute atomic E-state index is 5.87. The molecule has 1 saturated carbocycles. The van der Waals surface area contributed by atoms with E-state index < -0.39 is 0 Å². The minimum atomic E-state index is 0.622. The molecule has 30 heavy (non-hydrogen) atoms. The van der Waals surface area contributed by atoms with Gasteiger partial charge in [-0.1, -0.05) is 71.1 Å². The van der Waals surface area contributed by atoms with Crippen molar-refractivity contribution in [2.24, 2.45) is 11.8 Å². The van der Waals surface area contributed by atoms with Gasteiger partial charge < -0.3 is 18.9 Å². The van der Waals surface area contributed by atoms with Crippen molar-refractivity contribution < 1.29 is 18.9 Å². The molecule has 0 aromatic rings. The summed E-state index contributed by atoms with van der Waals surface area (Å²) in [6, 6.07) is 0. The van der Waals surface area contributed by atoms with Gasteiger partial charge in [0.2, 0.25) is 0 Å².